The van der Waals surface area contributed by atoms with Crippen LogP contribution in [0.25, 0.3) is 0 Å². The number of hydrogen-bond donors (Lipinski definition) is 5. The molecule has 2 rings (SSSR count). The Morgan fingerprint density at radius 3 is 2.16 bits per heavy atom. The van der Waals surface area contributed by atoms with Crippen molar-refractivity contribution in [3.63, 3.8) is 0 Å². The van der Waals surface area contributed by atoms with Crippen LogP contribution in [0.15, 0.2) is 24.3 Å². The molecular weight excluding hydrogens is 526 g/mol. The number of carbonyl (C=O) groups excluding carboxylic acids is 5. The van der Waals surface area contributed by atoms with Gasteiger partial charge in [0.2, 0.25) is 29.5 Å². The Balaban J connectivity index is 2.20. The van der Waals surface area contributed by atoms with Gasteiger partial charge in [-0.3, -0.25) is 24.0 Å². The van der Waals surface area contributed by atoms with Gasteiger partial charge >= 0.3 is 0 Å². The molecule has 1 heterocycles. The summed E-state index contributed by atoms with van der Waals surface area (Å²) in [6, 6.07) is 4.43. The minimum Gasteiger partial charge on any atom is -0.368 e. The lowest BCUT2D eigenvalue weighted by molar-refractivity contribution is -0.134. The van der Waals surface area contributed by atoms with Gasteiger partial charge in [0, 0.05) is 29.4 Å². The van der Waals surface area contributed by atoms with Crippen LogP contribution in [0, 0.1) is 5.92 Å². The summed E-state index contributed by atoms with van der Waals surface area (Å²) < 4.78 is 0. The van der Waals surface area contributed by atoms with Crippen LogP contribution in [0.4, 0.5) is 0 Å². The van der Waals surface area contributed by atoms with Crippen LogP contribution in [-0.4, -0.2) is 65.2 Å². The van der Waals surface area contributed by atoms with E-state index in [1.165, 1.54) is 18.7 Å². The van der Waals surface area contributed by atoms with Crippen LogP contribution >= 0.6 is 23.5 Å². The maximum Gasteiger partial charge on any atom is 0.243 e. The van der Waals surface area contributed by atoms with Crippen molar-refractivity contribution < 1.29 is 24.0 Å². The maximum atomic E-state index is 13.0. The van der Waals surface area contributed by atoms with Gasteiger partial charge in [-0.05, 0) is 37.3 Å². The average molecular weight is 566 g/mol. The highest BCUT2D eigenvalue weighted by Gasteiger charge is 2.28. The number of thioether (sulfide) groups is 2. The number of amides is 5. The molecule has 0 saturated carbocycles. The van der Waals surface area contributed by atoms with Crippen molar-refractivity contribution in [2.45, 2.75) is 76.2 Å². The first-order valence-electron chi connectivity index (χ1n) is 12.7. The van der Waals surface area contributed by atoms with E-state index in [0.29, 0.717) is 17.9 Å². The molecule has 38 heavy (non-hydrogen) atoms. The van der Waals surface area contributed by atoms with E-state index < -0.39 is 47.8 Å². The SMILES string of the molecule is CC(C)C[C@@H]1NC(=O)[C@H](C)NC(=O)CCSCc2cccc(c2)CSC[C@@H](C(N)=O)NC(=O)[C@H](C)NC1=O. The van der Waals surface area contributed by atoms with E-state index in [4.69, 9.17) is 5.73 Å². The van der Waals surface area contributed by atoms with Gasteiger partial charge in [-0.1, -0.05) is 38.1 Å². The lowest BCUT2D eigenvalue weighted by Crippen LogP contribution is -2.57. The molecule has 2 bridgehead atoms. The van der Waals surface area contributed by atoms with E-state index in [9.17, 15) is 24.0 Å². The third-order valence-electron chi connectivity index (χ3n) is 5.81. The monoisotopic (exact) mass is 565 g/mol. The van der Waals surface area contributed by atoms with Gasteiger partial charge < -0.3 is 27.0 Å². The Labute approximate surface area is 232 Å². The quantitative estimate of drug-likeness (QED) is 0.366. The van der Waals surface area contributed by atoms with Crippen molar-refractivity contribution in [1.82, 2.24) is 21.3 Å². The first-order chi connectivity index (χ1) is 18.0. The molecule has 6 N–H and O–H groups in total. The maximum absolute atomic E-state index is 13.0. The smallest absolute Gasteiger partial charge is 0.243 e. The van der Waals surface area contributed by atoms with E-state index >= 15 is 0 Å². The first kappa shape index (κ1) is 31.5. The molecule has 0 spiro atoms. The van der Waals surface area contributed by atoms with Crippen LogP contribution in [0.2, 0.25) is 0 Å². The predicted octanol–water partition coefficient (Wildman–Crippen LogP) is 1.07. The summed E-state index contributed by atoms with van der Waals surface area (Å²) in [7, 11) is 0. The van der Waals surface area contributed by atoms with Gasteiger partial charge in [0.05, 0.1) is 0 Å². The summed E-state index contributed by atoms with van der Waals surface area (Å²) in [6.45, 7) is 6.88. The van der Waals surface area contributed by atoms with E-state index in [1.54, 1.807) is 18.7 Å². The van der Waals surface area contributed by atoms with Crippen molar-refractivity contribution in [2.24, 2.45) is 11.7 Å². The summed E-state index contributed by atoms with van der Waals surface area (Å²) >= 11 is 3.09. The van der Waals surface area contributed by atoms with Gasteiger partial charge in [-0.25, -0.2) is 0 Å². The summed E-state index contributed by atoms with van der Waals surface area (Å²) in [6.07, 6.45) is 0.596. The zero-order chi connectivity index (χ0) is 28.2. The molecular formula is C26H39N5O5S2. The number of carbonyl (C=O) groups is 5. The molecule has 0 aliphatic carbocycles. The molecule has 12 heteroatoms. The Hall–Kier alpha value is -2.73. The van der Waals surface area contributed by atoms with Gasteiger partial charge in [0.15, 0.2) is 0 Å². The summed E-state index contributed by atoms with van der Waals surface area (Å²) in [5, 5.41) is 10.6. The molecule has 1 aromatic rings. The van der Waals surface area contributed by atoms with E-state index in [2.05, 4.69) is 27.3 Å². The molecule has 4 atom stereocenters. The number of nitrogens with one attached hydrogen (secondary N) is 4. The van der Waals surface area contributed by atoms with Crippen molar-refractivity contribution in [3.05, 3.63) is 35.4 Å². The minimum absolute atomic E-state index is 0.0755. The number of primary amides is 1. The number of nitrogens with two attached hydrogens (primary N) is 1. The second-order valence-electron chi connectivity index (χ2n) is 9.81. The Morgan fingerprint density at radius 2 is 1.53 bits per heavy atom. The largest absolute Gasteiger partial charge is 0.368 e. The second-order valence-corrected chi connectivity index (χ2v) is 11.9. The lowest BCUT2D eigenvalue weighted by Gasteiger charge is -2.25. The second kappa shape index (κ2) is 15.6. The lowest BCUT2D eigenvalue weighted by atomic mass is 10.0. The van der Waals surface area contributed by atoms with Crippen molar-refractivity contribution >= 4 is 53.1 Å². The standard InChI is InChI=1S/C26H39N5O5S2/c1-15(2)10-20-26(36)29-17(4)25(35)31-21(23(27)33)14-38-13-19-7-5-6-18(11-19)12-37-9-8-22(32)28-16(3)24(34)30-20/h5-7,11,15-17,20-21H,8-10,12-14H2,1-4H3,(H2,27,33)(H,28,32)(H,29,36)(H,30,34)(H,31,35)/t16-,17-,20-,21-/m0/s1. The number of benzene rings is 1. The Kier molecular flexibility index (Phi) is 12.9. The zero-order valence-electron chi connectivity index (χ0n) is 22.4. The molecule has 210 valence electrons. The molecule has 0 fully saturated rings. The van der Waals surface area contributed by atoms with Crippen LogP contribution in [0.3, 0.4) is 0 Å². The Morgan fingerprint density at radius 1 is 0.921 bits per heavy atom. The summed E-state index contributed by atoms with van der Waals surface area (Å²) in [4.78, 5) is 62.9. The van der Waals surface area contributed by atoms with Gasteiger partial charge in [-0.15, -0.1) is 0 Å². The molecule has 0 saturated heterocycles. The van der Waals surface area contributed by atoms with Crippen molar-refractivity contribution in [1.29, 1.82) is 0 Å². The highest BCUT2D eigenvalue weighted by molar-refractivity contribution is 7.98. The third kappa shape index (κ3) is 10.9. The molecule has 1 aromatic carbocycles. The highest BCUT2D eigenvalue weighted by atomic mass is 32.2. The average Bonchev–Trinajstić information content (AvgIpc) is 2.84. The van der Waals surface area contributed by atoms with Crippen LogP contribution in [0.5, 0.6) is 0 Å². The highest BCUT2D eigenvalue weighted by Crippen LogP contribution is 2.19. The van der Waals surface area contributed by atoms with E-state index in [0.717, 1.165) is 16.9 Å². The van der Waals surface area contributed by atoms with Crippen molar-refractivity contribution in [3.8, 4) is 0 Å². The van der Waals surface area contributed by atoms with Gasteiger partial charge in [0.1, 0.15) is 24.2 Å². The topological polar surface area (TPSA) is 159 Å². The minimum atomic E-state index is -0.968. The molecule has 1 aliphatic heterocycles. The summed E-state index contributed by atoms with van der Waals surface area (Å²) in [5.41, 5.74) is 7.71. The number of rotatable bonds is 3. The van der Waals surface area contributed by atoms with E-state index in [1.807, 2.05) is 32.0 Å². The molecule has 0 aromatic heterocycles. The fourth-order valence-corrected chi connectivity index (χ4v) is 5.61. The third-order valence-corrected chi connectivity index (χ3v) is 7.95. The summed E-state index contributed by atoms with van der Waals surface area (Å²) in [5.74, 6) is -0.185. The van der Waals surface area contributed by atoms with Gasteiger partial charge in [0.25, 0.3) is 0 Å². The molecule has 0 radical (unpaired) electrons. The normalized spacial score (nSPS) is 25.2. The molecule has 0 unspecified atom stereocenters. The molecule has 5 amide bonds. The van der Waals surface area contributed by atoms with Crippen LogP contribution < -0.4 is 27.0 Å². The van der Waals surface area contributed by atoms with E-state index in [-0.39, 0.29) is 24.0 Å². The van der Waals surface area contributed by atoms with Crippen LogP contribution in [-0.2, 0) is 35.5 Å². The Bertz CT molecular complexity index is 1010. The van der Waals surface area contributed by atoms with Crippen LogP contribution in [0.1, 0.15) is 51.7 Å². The fourth-order valence-electron chi connectivity index (χ4n) is 3.71. The van der Waals surface area contributed by atoms with Gasteiger partial charge in [-0.2, -0.15) is 23.5 Å². The number of fused-ring (bicyclic) bond motifs is 2. The fraction of sp³-hybridized carbons (Fsp3) is 0.577. The molecule has 1 aliphatic rings. The molecule has 10 nitrogen and oxygen atoms in total. The predicted molar refractivity (Wildman–Crippen MR) is 151 cm³/mol. The van der Waals surface area contributed by atoms with Crippen molar-refractivity contribution in [2.75, 3.05) is 11.5 Å². The number of hydrogen-bond acceptors (Lipinski definition) is 7. The first-order valence-corrected chi connectivity index (χ1v) is 15.0. The zero-order valence-corrected chi connectivity index (χ0v) is 24.0.